The lowest BCUT2D eigenvalue weighted by Crippen LogP contribution is -2.52. The summed E-state index contributed by atoms with van der Waals surface area (Å²) < 4.78 is 28.8. The van der Waals surface area contributed by atoms with Gasteiger partial charge in [0.25, 0.3) is 12.3 Å². The second-order valence-corrected chi connectivity index (χ2v) is 8.88. The number of nitrogens with two attached hydrogens (primary N) is 1. The molecule has 1 unspecified atom stereocenters. The molecule has 3 N–H and O–H groups in total. The van der Waals surface area contributed by atoms with E-state index < -0.39 is 29.9 Å². The van der Waals surface area contributed by atoms with Crippen LogP contribution in [0.2, 0.25) is 10.0 Å². The number of benzene rings is 1. The first kappa shape index (κ1) is 22.3. The van der Waals surface area contributed by atoms with Crippen molar-refractivity contribution >= 4 is 35.1 Å². The van der Waals surface area contributed by atoms with Gasteiger partial charge in [0.1, 0.15) is 11.7 Å². The van der Waals surface area contributed by atoms with Crippen molar-refractivity contribution in [2.45, 2.75) is 45.3 Å². The number of halogens is 4. The fraction of sp³-hybridized carbons (Fsp3) is 0.421. The number of rotatable bonds is 3. The topological polar surface area (TPSA) is 93.2 Å². The number of amides is 3. The molecule has 2 heterocycles. The van der Waals surface area contributed by atoms with Crippen molar-refractivity contribution in [1.82, 2.24) is 20.0 Å². The quantitative estimate of drug-likeness (QED) is 0.723. The van der Waals surface area contributed by atoms with Crippen LogP contribution in [-0.4, -0.2) is 45.1 Å². The molecule has 1 aliphatic rings. The van der Waals surface area contributed by atoms with E-state index in [1.807, 2.05) is 0 Å². The molecule has 11 heteroatoms. The molecule has 2 aromatic rings. The van der Waals surface area contributed by atoms with Crippen LogP contribution in [0.1, 0.15) is 42.9 Å². The van der Waals surface area contributed by atoms with Crippen LogP contribution in [0, 0.1) is 0 Å². The van der Waals surface area contributed by atoms with E-state index in [1.165, 1.54) is 17.0 Å². The lowest BCUT2D eigenvalue weighted by Gasteiger charge is -2.35. The fourth-order valence-corrected chi connectivity index (χ4v) is 3.59. The summed E-state index contributed by atoms with van der Waals surface area (Å²) in [6, 6.07) is 2.60. The van der Waals surface area contributed by atoms with Crippen LogP contribution in [0.4, 0.5) is 13.6 Å². The largest absolute Gasteiger partial charge is 0.365 e. The van der Waals surface area contributed by atoms with E-state index in [0.29, 0.717) is 10.6 Å². The molecule has 162 valence electrons. The molecule has 0 spiro atoms. The first-order valence-electron chi connectivity index (χ1n) is 9.11. The van der Waals surface area contributed by atoms with Crippen LogP contribution in [-0.2, 0) is 6.54 Å². The molecule has 0 aliphatic carbocycles. The predicted molar refractivity (Wildman–Crippen MR) is 110 cm³/mol. The van der Waals surface area contributed by atoms with Crippen molar-refractivity contribution in [2.24, 2.45) is 5.73 Å². The number of primary amides is 1. The third-order valence-corrected chi connectivity index (χ3v) is 5.31. The summed E-state index contributed by atoms with van der Waals surface area (Å²) in [7, 11) is 0. The van der Waals surface area contributed by atoms with Gasteiger partial charge in [-0.05, 0) is 32.9 Å². The highest BCUT2D eigenvalue weighted by Gasteiger charge is 2.39. The summed E-state index contributed by atoms with van der Waals surface area (Å²) in [5.41, 5.74) is 5.63. The van der Waals surface area contributed by atoms with Gasteiger partial charge in [-0.1, -0.05) is 29.3 Å². The van der Waals surface area contributed by atoms with E-state index in [-0.39, 0.29) is 35.1 Å². The van der Waals surface area contributed by atoms with Crippen molar-refractivity contribution in [3.8, 4) is 11.3 Å². The molecule has 1 aliphatic heterocycles. The van der Waals surface area contributed by atoms with E-state index in [0.717, 1.165) is 4.68 Å². The number of nitrogens with one attached hydrogen (secondary N) is 1. The van der Waals surface area contributed by atoms with Gasteiger partial charge in [0.15, 0.2) is 0 Å². The number of urea groups is 1. The zero-order chi connectivity index (χ0) is 22.4. The maximum absolute atomic E-state index is 13.9. The van der Waals surface area contributed by atoms with Gasteiger partial charge >= 0.3 is 6.03 Å². The van der Waals surface area contributed by atoms with Gasteiger partial charge < -0.3 is 16.0 Å². The number of hydrogen-bond acceptors (Lipinski definition) is 3. The maximum Gasteiger partial charge on any atom is 0.318 e. The molecule has 3 amide bonds. The molecule has 1 aromatic heterocycles. The Labute approximate surface area is 182 Å². The summed E-state index contributed by atoms with van der Waals surface area (Å²) in [5, 5.41) is 7.51. The second-order valence-electron chi connectivity index (χ2n) is 8.07. The van der Waals surface area contributed by atoms with Crippen LogP contribution < -0.4 is 11.1 Å². The third kappa shape index (κ3) is 4.37. The van der Waals surface area contributed by atoms with Crippen molar-refractivity contribution in [1.29, 1.82) is 0 Å². The third-order valence-electron chi connectivity index (χ3n) is 4.57. The molecule has 1 atom stereocenters. The Bertz CT molecular complexity index is 1000. The summed E-state index contributed by atoms with van der Waals surface area (Å²) in [5.74, 6) is -0.844. The molecule has 0 fully saturated rings. The summed E-state index contributed by atoms with van der Waals surface area (Å²) >= 11 is 12.0. The monoisotopic (exact) mass is 459 g/mol. The number of fused-ring (bicyclic) bond motifs is 1. The molecule has 0 bridgehead atoms. The Morgan fingerprint density at radius 1 is 1.27 bits per heavy atom. The predicted octanol–water partition coefficient (Wildman–Crippen LogP) is 4.09. The van der Waals surface area contributed by atoms with Crippen LogP contribution in [0.25, 0.3) is 11.3 Å². The van der Waals surface area contributed by atoms with Gasteiger partial charge in [-0.15, -0.1) is 0 Å². The van der Waals surface area contributed by atoms with E-state index in [4.69, 9.17) is 28.9 Å². The van der Waals surface area contributed by atoms with Gasteiger partial charge in [-0.3, -0.25) is 9.48 Å². The number of hydrogen-bond donors (Lipinski definition) is 2. The zero-order valence-electron chi connectivity index (χ0n) is 16.5. The molecule has 1 aromatic carbocycles. The number of aromatic nitrogens is 2. The first-order chi connectivity index (χ1) is 13.9. The van der Waals surface area contributed by atoms with Crippen molar-refractivity contribution in [3.05, 3.63) is 39.5 Å². The van der Waals surface area contributed by atoms with Crippen LogP contribution in [0.3, 0.4) is 0 Å². The molecule has 0 saturated heterocycles. The van der Waals surface area contributed by atoms with E-state index in [2.05, 4.69) is 10.4 Å². The fourth-order valence-electron chi connectivity index (χ4n) is 3.29. The minimum absolute atomic E-state index is 0.0349. The Balaban J connectivity index is 2.12. The van der Waals surface area contributed by atoms with Gasteiger partial charge in [-0.25, -0.2) is 13.6 Å². The number of carbonyl (C=O) groups excluding carboxylic acids is 2. The van der Waals surface area contributed by atoms with Crippen LogP contribution in [0.5, 0.6) is 0 Å². The summed E-state index contributed by atoms with van der Waals surface area (Å²) in [6.45, 7) is 4.97. The minimum Gasteiger partial charge on any atom is -0.365 e. The van der Waals surface area contributed by atoms with E-state index in [9.17, 15) is 18.4 Å². The lowest BCUT2D eigenvalue weighted by molar-refractivity contribution is 0.0419. The van der Waals surface area contributed by atoms with Crippen LogP contribution >= 0.6 is 23.2 Å². The molecule has 0 saturated carbocycles. The Hall–Kier alpha value is -2.39. The lowest BCUT2D eigenvalue weighted by atomic mass is 10.0. The maximum atomic E-state index is 13.9. The molecule has 30 heavy (non-hydrogen) atoms. The molecule has 3 rings (SSSR count). The molecular formula is C19H21Cl2F2N5O2. The van der Waals surface area contributed by atoms with E-state index in [1.54, 1.807) is 26.8 Å². The van der Waals surface area contributed by atoms with E-state index >= 15 is 0 Å². The van der Waals surface area contributed by atoms with Gasteiger partial charge in [0, 0.05) is 11.1 Å². The average Bonchev–Trinajstić information content (AvgIpc) is 3.01. The summed E-state index contributed by atoms with van der Waals surface area (Å²) in [6.07, 6.45) is -2.82. The second kappa shape index (κ2) is 8.03. The number of nitrogens with zero attached hydrogens (tertiary/aromatic N) is 3. The van der Waals surface area contributed by atoms with Crippen molar-refractivity contribution in [2.75, 3.05) is 6.54 Å². The Morgan fingerprint density at radius 2 is 1.93 bits per heavy atom. The van der Waals surface area contributed by atoms with Gasteiger partial charge in [0.2, 0.25) is 0 Å². The standard InChI is InChI=1S/C19H21Cl2F2N5O2/c1-19(2,3)25-18(30)27-7-12-14(17(24)29)15(9-4-5-10(20)11(21)6-9)26-28(12)13(8-27)16(22)23/h4-6,13,16H,7-8H2,1-3H3,(H2,24,29)(H,25,30). The SMILES string of the molecule is CC(C)(C)NC(=O)N1Cc2c(C(N)=O)c(-c3ccc(Cl)c(Cl)c3)nn2C(C(F)F)C1. The average molecular weight is 460 g/mol. The van der Waals surface area contributed by atoms with Crippen molar-refractivity contribution < 1.29 is 18.4 Å². The number of alkyl halides is 2. The molecular weight excluding hydrogens is 439 g/mol. The number of carbonyl (C=O) groups is 2. The molecule has 7 nitrogen and oxygen atoms in total. The Kier molecular flexibility index (Phi) is 5.97. The Morgan fingerprint density at radius 3 is 2.47 bits per heavy atom. The van der Waals surface area contributed by atoms with Crippen LogP contribution in [0.15, 0.2) is 18.2 Å². The van der Waals surface area contributed by atoms with Gasteiger partial charge in [-0.2, -0.15) is 5.10 Å². The summed E-state index contributed by atoms with van der Waals surface area (Å²) in [4.78, 5) is 26.1. The first-order valence-corrected chi connectivity index (χ1v) is 9.86. The normalized spacial score (nSPS) is 16.5. The zero-order valence-corrected chi connectivity index (χ0v) is 18.1. The molecule has 0 radical (unpaired) electrons. The highest BCUT2D eigenvalue weighted by molar-refractivity contribution is 6.42. The highest BCUT2D eigenvalue weighted by atomic mass is 35.5. The van der Waals surface area contributed by atoms with Gasteiger partial charge in [0.05, 0.1) is 34.4 Å². The highest BCUT2D eigenvalue weighted by Crippen LogP contribution is 2.35. The van der Waals surface area contributed by atoms with Crippen molar-refractivity contribution in [3.63, 3.8) is 0 Å². The minimum atomic E-state index is -2.82. The smallest absolute Gasteiger partial charge is 0.318 e.